The van der Waals surface area contributed by atoms with E-state index in [9.17, 15) is 4.79 Å². The lowest BCUT2D eigenvalue weighted by molar-refractivity contribution is 0.0995. The van der Waals surface area contributed by atoms with Crippen LogP contribution in [0, 0.1) is 5.92 Å². The highest BCUT2D eigenvalue weighted by Gasteiger charge is 2.21. The number of nitrogens with one attached hydrogen (secondary N) is 1. The van der Waals surface area contributed by atoms with Crippen LogP contribution in [-0.4, -0.2) is 29.5 Å². The summed E-state index contributed by atoms with van der Waals surface area (Å²) in [5, 5.41) is 3.18. The summed E-state index contributed by atoms with van der Waals surface area (Å²) in [5.74, 6) is 1.27. The molecule has 1 aromatic carbocycles. The first kappa shape index (κ1) is 14.3. The van der Waals surface area contributed by atoms with Gasteiger partial charge in [0, 0.05) is 12.1 Å². The molecule has 1 aromatic heterocycles. The molecular weight excluding hydrogens is 280 g/mol. The fourth-order valence-electron chi connectivity index (χ4n) is 2.14. The van der Waals surface area contributed by atoms with Gasteiger partial charge in [-0.25, -0.2) is 9.97 Å². The normalized spacial score (nSPS) is 13.7. The lowest BCUT2D eigenvalue weighted by atomic mass is 10.1. The molecule has 1 saturated carbocycles. The second kappa shape index (κ2) is 6.01. The Labute approximate surface area is 128 Å². The molecule has 0 bridgehead atoms. The van der Waals surface area contributed by atoms with Crippen LogP contribution in [0.3, 0.4) is 0 Å². The topological polar surface area (TPSA) is 90.1 Å². The minimum atomic E-state index is -0.569. The highest BCUT2D eigenvalue weighted by atomic mass is 16.5. The van der Waals surface area contributed by atoms with Gasteiger partial charge in [-0.15, -0.1) is 0 Å². The Morgan fingerprint density at radius 1 is 1.36 bits per heavy atom. The first-order chi connectivity index (χ1) is 10.7. The minimum absolute atomic E-state index is 0.200. The van der Waals surface area contributed by atoms with Crippen molar-refractivity contribution in [2.45, 2.75) is 12.8 Å². The van der Waals surface area contributed by atoms with Gasteiger partial charge in [-0.05, 0) is 37.0 Å². The largest absolute Gasteiger partial charge is 0.497 e. The zero-order chi connectivity index (χ0) is 15.5. The molecule has 6 nitrogen and oxygen atoms in total. The van der Waals surface area contributed by atoms with Crippen LogP contribution in [0.1, 0.15) is 23.3 Å². The molecule has 3 N–H and O–H groups in total. The van der Waals surface area contributed by atoms with Gasteiger partial charge in [0.15, 0.2) is 0 Å². The van der Waals surface area contributed by atoms with E-state index in [1.54, 1.807) is 13.2 Å². The Morgan fingerprint density at radius 3 is 2.86 bits per heavy atom. The summed E-state index contributed by atoms with van der Waals surface area (Å²) in [7, 11) is 1.61. The first-order valence-electron chi connectivity index (χ1n) is 7.23. The maximum atomic E-state index is 11.5. The van der Waals surface area contributed by atoms with Crippen molar-refractivity contribution >= 4 is 11.9 Å². The second-order valence-electron chi connectivity index (χ2n) is 5.38. The predicted molar refractivity (Wildman–Crippen MR) is 83.8 cm³/mol. The van der Waals surface area contributed by atoms with Gasteiger partial charge in [0.25, 0.3) is 5.91 Å². The van der Waals surface area contributed by atoms with Crippen LogP contribution in [0.4, 0.5) is 5.95 Å². The zero-order valence-electron chi connectivity index (χ0n) is 12.4. The molecule has 2 aromatic rings. The van der Waals surface area contributed by atoms with Crippen molar-refractivity contribution in [2.24, 2.45) is 11.7 Å². The molecule has 22 heavy (non-hydrogen) atoms. The number of ether oxygens (including phenoxy) is 1. The van der Waals surface area contributed by atoms with Gasteiger partial charge in [0.05, 0.1) is 12.8 Å². The van der Waals surface area contributed by atoms with Crippen LogP contribution >= 0.6 is 0 Å². The van der Waals surface area contributed by atoms with E-state index >= 15 is 0 Å². The number of anilines is 1. The summed E-state index contributed by atoms with van der Waals surface area (Å²) in [6.07, 6.45) is 2.45. The summed E-state index contributed by atoms with van der Waals surface area (Å²) in [5.41, 5.74) is 7.06. The van der Waals surface area contributed by atoms with Crippen molar-refractivity contribution < 1.29 is 9.53 Å². The van der Waals surface area contributed by atoms with Crippen LogP contribution < -0.4 is 15.8 Å². The van der Waals surface area contributed by atoms with Gasteiger partial charge < -0.3 is 15.8 Å². The van der Waals surface area contributed by atoms with E-state index in [1.807, 2.05) is 24.3 Å². The van der Waals surface area contributed by atoms with Crippen LogP contribution in [0.5, 0.6) is 5.75 Å². The van der Waals surface area contributed by atoms with E-state index in [-0.39, 0.29) is 5.69 Å². The molecule has 1 fully saturated rings. The number of benzene rings is 1. The van der Waals surface area contributed by atoms with Crippen molar-refractivity contribution in [1.29, 1.82) is 0 Å². The van der Waals surface area contributed by atoms with Gasteiger partial charge in [-0.1, -0.05) is 12.1 Å². The molecule has 1 heterocycles. The standard InChI is InChI=1S/C16H18N4O2/c1-22-12-4-2-3-11(7-12)13-8-14(15(17)21)20-16(19-13)18-9-10-5-6-10/h2-4,7-8,10H,5-6,9H2,1H3,(H2,17,21)(H,18,19,20). The number of carbonyl (C=O) groups excluding carboxylic acids is 1. The number of hydrogen-bond acceptors (Lipinski definition) is 5. The summed E-state index contributed by atoms with van der Waals surface area (Å²) < 4.78 is 5.22. The summed E-state index contributed by atoms with van der Waals surface area (Å²) >= 11 is 0. The van der Waals surface area contributed by atoms with Gasteiger partial charge in [-0.3, -0.25) is 4.79 Å². The number of nitrogens with two attached hydrogens (primary N) is 1. The number of rotatable bonds is 6. The fourth-order valence-corrected chi connectivity index (χ4v) is 2.14. The van der Waals surface area contributed by atoms with Crippen LogP contribution in [0.25, 0.3) is 11.3 Å². The van der Waals surface area contributed by atoms with Gasteiger partial charge in [0.2, 0.25) is 5.95 Å². The Kier molecular flexibility index (Phi) is 3.91. The van der Waals surface area contributed by atoms with Gasteiger partial charge in [0.1, 0.15) is 11.4 Å². The van der Waals surface area contributed by atoms with E-state index in [4.69, 9.17) is 10.5 Å². The van der Waals surface area contributed by atoms with E-state index < -0.39 is 5.91 Å². The number of aromatic nitrogens is 2. The Balaban J connectivity index is 1.95. The SMILES string of the molecule is COc1cccc(-c2cc(C(N)=O)nc(NCC3CC3)n2)c1. The van der Waals surface area contributed by atoms with Gasteiger partial charge >= 0.3 is 0 Å². The molecule has 1 amide bonds. The molecule has 1 aliphatic rings. The molecule has 0 radical (unpaired) electrons. The molecule has 0 saturated heterocycles. The van der Waals surface area contributed by atoms with E-state index in [0.29, 0.717) is 17.6 Å². The Hall–Kier alpha value is -2.63. The summed E-state index contributed by atoms with van der Waals surface area (Å²) in [6.45, 7) is 0.819. The molecule has 0 aliphatic heterocycles. The maximum absolute atomic E-state index is 11.5. The van der Waals surface area contributed by atoms with E-state index in [1.165, 1.54) is 12.8 Å². The zero-order valence-corrected chi connectivity index (χ0v) is 12.4. The second-order valence-corrected chi connectivity index (χ2v) is 5.38. The van der Waals surface area contributed by atoms with Crippen molar-refractivity contribution in [3.05, 3.63) is 36.0 Å². The third kappa shape index (κ3) is 3.33. The van der Waals surface area contributed by atoms with Crippen molar-refractivity contribution in [3.8, 4) is 17.0 Å². The van der Waals surface area contributed by atoms with Crippen LogP contribution in [-0.2, 0) is 0 Å². The lowest BCUT2D eigenvalue weighted by Gasteiger charge is -2.09. The van der Waals surface area contributed by atoms with E-state index in [0.717, 1.165) is 17.9 Å². The molecule has 0 atom stereocenters. The Bertz CT molecular complexity index is 698. The average Bonchev–Trinajstić information content (AvgIpc) is 3.37. The van der Waals surface area contributed by atoms with Crippen molar-refractivity contribution in [1.82, 2.24) is 9.97 Å². The molecule has 6 heteroatoms. The lowest BCUT2D eigenvalue weighted by Crippen LogP contribution is -2.16. The third-order valence-corrected chi connectivity index (χ3v) is 3.59. The number of hydrogen-bond donors (Lipinski definition) is 2. The predicted octanol–water partition coefficient (Wildman–Crippen LogP) is 2.07. The molecule has 3 rings (SSSR count). The molecule has 1 aliphatic carbocycles. The van der Waals surface area contributed by atoms with Crippen LogP contribution in [0.15, 0.2) is 30.3 Å². The van der Waals surface area contributed by atoms with Crippen molar-refractivity contribution in [3.63, 3.8) is 0 Å². The summed E-state index contributed by atoms with van der Waals surface area (Å²) in [4.78, 5) is 20.1. The van der Waals surface area contributed by atoms with Crippen molar-refractivity contribution in [2.75, 3.05) is 19.0 Å². The Morgan fingerprint density at radius 2 is 2.18 bits per heavy atom. The monoisotopic (exact) mass is 298 g/mol. The minimum Gasteiger partial charge on any atom is -0.497 e. The summed E-state index contributed by atoms with van der Waals surface area (Å²) in [6, 6.07) is 9.08. The quantitative estimate of drug-likeness (QED) is 0.852. The van der Waals surface area contributed by atoms with Crippen LogP contribution in [0.2, 0.25) is 0 Å². The molecule has 0 unspecified atom stereocenters. The highest BCUT2D eigenvalue weighted by molar-refractivity contribution is 5.92. The molecule has 0 spiro atoms. The number of amides is 1. The smallest absolute Gasteiger partial charge is 0.267 e. The number of methoxy groups -OCH3 is 1. The highest BCUT2D eigenvalue weighted by Crippen LogP contribution is 2.29. The average molecular weight is 298 g/mol. The first-order valence-corrected chi connectivity index (χ1v) is 7.23. The number of nitrogens with zero attached hydrogens (tertiary/aromatic N) is 2. The van der Waals surface area contributed by atoms with E-state index in [2.05, 4.69) is 15.3 Å². The van der Waals surface area contributed by atoms with Gasteiger partial charge in [-0.2, -0.15) is 0 Å². The molecular formula is C16H18N4O2. The number of carbonyl (C=O) groups is 1. The fraction of sp³-hybridized carbons (Fsp3) is 0.312. The third-order valence-electron chi connectivity index (χ3n) is 3.59. The molecule has 114 valence electrons. The maximum Gasteiger partial charge on any atom is 0.267 e. The number of primary amides is 1.